The van der Waals surface area contributed by atoms with Crippen LogP contribution in [0.4, 0.5) is 0 Å². The molecule has 19 heavy (non-hydrogen) atoms. The lowest BCUT2D eigenvalue weighted by Crippen LogP contribution is -2.05. The van der Waals surface area contributed by atoms with Crippen LogP contribution in [-0.2, 0) is 6.42 Å². The monoisotopic (exact) mass is 277 g/mol. The molecule has 0 bridgehead atoms. The number of thiazole rings is 1. The molecule has 0 saturated heterocycles. The fourth-order valence-corrected chi connectivity index (χ4v) is 2.92. The highest BCUT2D eigenvalue weighted by molar-refractivity contribution is 7.11. The van der Waals surface area contributed by atoms with Crippen LogP contribution in [0.2, 0.25) is 0 Å². The Morgan fingerprint density at radius 2 is 2.05 bits per heavy atom. The zero-order valence-electron chi connectivity index (χ0n) is 11.5. The second-order valence-corrected chi connectivity index (χ2v) is 5.73. The van der Waals surface area contributed by atoms with Gasteiger partial charge in [-0.1, -0.05) is 18.2 Å². The third-order valence-electron chi connectivity index (χ3n) is 3.02. The van der Waals surface area contributed by atoms with E-state index >= 15 is 0 Å². The first-order valence-electron chi connectivity index (χ1n) is 6.44. The lowest BCUT2D eigenvalue weighted by atomic mass is 10.1. The number of aromatic nitrogens is 1. The summed E-state index contributed by atoms with van der Waals surface area (Å²) in [6.45, 7) is 6.59. The Morgan fingerprint density at radius 1 is 1.32 bits per heavy atom. The van der Waals surface area contributed by atoms with Crippen LogP contribution in [0.3, 0.4) is 0 Å². The summed E-state index contributed by atoms with van der Waals surface area (Å²) in [4.78, 5) is 5.68. The van der Waals surface area contributed by atoms with Crippen molar-refractivity contribution in [3.05, 3.63) is 45.4 Å². The largest absolute Gasteiger partial charge is 0.493 e. The van der Waals surface area contributed by atoms with Crippen LogP contribution in [0.15, 0.2) is 24.3 Å². The van der Waals surface area contributed by atoms with E-state index in [1.165, 1.54) is 4.88 Å². The molecule has 0 saturated carbocycles. The number of aliphatic hydroxyl groups excluding tert-OH is 1. The molecule has 0 amide bonds. The Balaban J connectivity index is 2.17. The first kappa shape index (κ1) is 14.0. The summed E-state index contributed by atoms with van der Waals surface area (Å²) in [5.74, 6) is 0.752. The van der Waals surface area contributed by atoms with E-state index < -0.39 is 6.10 Å². The van der Waals surface area contributed by atoms with Crippen LogP contribution >= 0.6 is 11.3 Å². The Bertz CT molecular complexity index is 531. The second kappa shape index (κ2) is 6.17. The molecular formula is C15H19NO2S. The molecule has 102 valence electrons. The van der Waals surface area contributed by atoms with Gasteiger partial charge in [0.1, 0.15) is 5.75 Å². The number of hydrogen-bond acceptors (Lipinski definition) is 4. The minimum absolute atomic E-state index is 0.531. The maximum absolute atomic E-state index is 10.4. The first-order valence-corrected chi connectivity index (χ1v) is 7.26. The van der Waals surface area contributed by atoms with Gasteiger partial charge in [0.2, 0.25) is 0 Å². The standard InChI is InChI=1S/C15H19NO2S/c1-4-18-14-8-6-5-7-12(14)13(17)9-15-16-10(2)11(3)19-15/h5-8,13,17H,4,9H2,1-3H3. The fourth-order valence-electron chi connectivity index (χ4n) is 1.94. The van der Waals surface area contributed by atoms with E-state index in [1.54, 1.807) is 11.3 Å². The molecule has 1 atom stereocenters. The van der Waals surface area contributed by atoms with E-state index in [0.717, 1.165) is 22.0 Å². The summed E-state index contributed by atoms with van der Waals surface area (Å²) in [6.07, 6.45) is -0.0450. The number of para-hydroxylation sites is 1. The van der Waals surface area contributed by atoms with Crippen molar-refractivity contribution in [1.82, 2.24) is 4.98 Å². The predicted molar refractivity (Wildman–Crippen MR) is 77.9 cm³/mol. The van der Waals surface area contributed by atoms with Crippen molar-refractivity contribution in [1.29, 1.82) is 0 Å². The zero-order valence-corrected chi connectivity index (χ0v) is 12.3. The first-order chi connectivity index (χ1) is 9.11. The summed E-state index contributed by atoms with van der Waals surface area (Å²) in [5.41, 5.74) is 1.88. The molecule has 1 unspecified atom stereocenters. The van der Waals surface area contributed by atoms with Gasteiger partial charge in [-0.05, 0) is 26.8 Å². The quantitative estimate of drug-likeness (QED) is 0.910. The average Bonchev–Trinajstić information content (AvgIpc) is 2.69. The van der Waals surface area contributed by atoms with Crippen LogP contribution in [0, 0.1) is 13.8 Å². The van der Waals surface area contributed by atoms with Gasteiger partial charge in [0.05, 0.1) is 23.4 Å². The number of nitrogens with zero attached hydrogens (tertiary/aromatic N) is 1. The van der Waals surface area contributed by atoms with E-state index in [1.807, 2.05) is 38.1 Å². The molecule has 0 fully saturated rings. The Morgan fingerprint density at radius 3 is 2.68 bits per heavy atom. The van der Waals surface area contributed by atoms with E-state index in [2.05, 4.69) is 11.9 Å². The van der Waals surface area contributed by atoms with Crippen molar-refractivity contribution in [3.63, 3.8) is 0 Å². The summed E-state index contributed by atoms with van der Waals surface area (Å²) in [6, 6.07) is 7.63. The number of rotatable bonds is 5. The molecule has 0 radical (unpaired) electrons. The number of benzene rings is 1. The Labute approximate surface area is 117 Å². The fraction of sp³-hybridized carbons (Fsp3) is 0.400. The van der Waals surface area contributed by atoms with Gasteiger partial charge in [-0.25, -0.2) is 4.98 Å². The molecule has 0 aliphatic heterocycles. The molecule has 0 aliphatic rings. The normalized spacial score (nSPS) is 12.4. The van der Waals surface area contributed by atoms with Gasteiger partial charge in [-0.15, -0.1) is 11.3 Å². The molecule has 0 spiro atoms. The Kier molecular flexibility index (Phi) is 4.56. The van der Waals surface area contributed by atoms with Gasteiger partial charge in [-0.3, -0.25) is 0 Å². The van der Waals surface area contributed by atoms with Crippen molar-refractivity contribution in [2.45, 2.75) is 33.3 Å². The third-order valence-corrected chi connectivity index (χ3v) is 4.11. The van der Waals surface area contributed by atoms with Crippen molar-refractivity contribution < 1.29 is 9.84 Å². The van der Waals surface area contributed by atoms with Crippen LogP contribution in [0.5, 0.6) is 5.75 Å². The third kappa shape index (κ3) is 3.33. The van der Waals surface area contributed by atoms with Crippen LogP contribution in [0.1, 0.15) is 34.2 Å². The van der Waals surface area contributed by atoms with Gasteiger partial charge < -0.3 is 9.84 Å². The molecule has 1 aromatic carbocycles. The zero-order chi connectivity index (χ0) is 13.8. The molecule has 1 N–H and O–H groups in total. The van der Waals surface area contributed by atoms with Gasteiger partial charge in [0.15, 0.2) is 0 Å². The van der Waals surface area contributed by atoms with E-state index in [4.69, 9.17) is 4.74 Å². The van der Waals surface area contributed by atoms with Crippen molar-refractivity contribution >= 4 is 11.3 Å². The summed E-state index contributed by atoms with van der Waals surface area (Å²) < 4.78 is 5.55. The Hall–Kier alpha value is -1.39. The molecule has 3 nitrogen and oxygen atoms in total. The second-order valence-electron chi connectivity index (χ2n) is 4.44. The summed E-state index contributed by atoms with van der Waals surface area (Å²) >= 11 is 1.64. The van der Waals surface area contributed by atoms with Gasteiger partial charge in [0, 0.05) is 16.9 Å². The highest BCUT2D eigenvalue weighted by atomic mass is 32.1. The van der Waals surface area contributed by atoms with Gasteiger partial charge in [0.25, 0.3) is 0 Å². The van der Waals surface area contributed by atoms with Crippen LogP contribution in [0.25, 0.3) is 0 Å². The predicted octanol–water partition coefficient (Wildman–Crippen LogP) is 3.43. The smallest absolute Gasteiger partial charge is 0.125 e. The van der Waals surface area contributed by atoms with Gasteiger partial charge >= 0.3 is 0 Å². The lowest BCUT2D eigenvalue weighted by molar-refractivity contribution is 0.172. The van der Waals surface area contributed by atoms with Crippen LogP contribution in [-0.4, -0.2) is 16.7 Å². The SMILES string of the molecule is CCOc1ccccc1C(O)Cc1nc(C)c(C)s1. The highest BCUT2D eigenvalue weighted by Gasteiger charge is 2.16. The maximum Gasteiger partial charge on any atom is 0.125 e. The molecule has 4 heteroatoms. The molecule has 0 aliphatic carbocycles. The van der Waals surface area contributed by atoms with E-state index in [9.17, 15) is 5.11 Å². The summed E-state index contributed by atoms with van der Waals surface area (Å²) in [7, 11) is 0. The highest BCUT2D eigenvalue weighted by Crippen LogP contribution is 2.29. The molecule has 1 aromatic heterocycles. The van der Waals surface area contributed by atoms with E-state index in [-0.39, 0.29) is 0 Å². The number of aliphatic hydroxyl groups is 1. The number of aryl methyl sites for hydroxylation is 2. The topological polar surface area (TPSA) is 42.4 Å². The average molecular weight is 277 g/mol. The number of hydrogen-bond donors (Lipinski definition) is 1. The van der Waals surface area contributed by atoms with Crippen LogP contribution < -0.4 is 4.74 Å². The lowest BCUT2D eigenvalue weighted by Gasteiger charge is -2.14. The number of ether oxygens (including phenoxy) is 1. The minimum atomic E-state index is -0.576. The van der Waals surface area contributed by atoms with Crippen molar-refractivity contribution in [2.24, 2.45) is 0 Å². The minimum Gasteiger partial charge on any atom is -0.493 e. The van der Waals surface area contributed by atoms with Gasteiger partial charge in [-0.2, -0.15) is 0 Å². The molecule has 2 rings (SSSR count). The van der Waals surface area contributed by atoms with E-state index in [0.29, 0.717) is 13.0 Å². The summed E-state index contributed by atoms with van der Waals surface area (Å²) in [5, 5.41) is 11.3. The maximum atomic E-state index is 10.4. The molecule has 1 heterocycles. The van der Waals surface area contributed by atoms with Crippen molar-refractivity contribution in [3.8, 4) is 5.75 Å². The molecular weight excluding hydrogens is 258 g/mol. The molecule has 2 aromatic rings. The van der Waals surface area contributed by atoms with Crippen molar-refractivity contribution in [2.75, 3.05) is 6.61 Å².